The molecule has 9 nitrogen and oxygen atoms in total. The highest BCUT2D eigenvalue weighted by Gasteiger charge is 2.16. The van der Waals surface area contributed by atoms with Gasteiger partial charge in [0.1, 0.15) is 31.4 Å². The topological polar surface area (TPSA) is 115 Å². The number of ether oxygens (including phenoxy) is 3. The molecule has 54 heavy (non-hydrogen) atoms. The Bertz CT molecular complexity index is 2030. The van der Waals surface area contributed by atoms with E-state index in [4.69, 9.17) is 29.4 Å². The van der Waals surface area contributed by atoms with Crippen LogP contribution in [0.2, 0.25) is 25.7 Å². The number of carbonyl (C=O) groups excluding carboxylic acids is 1. The van der Waals surface area contributed by atoms with Gasteiger partial charge in [-0.25, -0.2) is 4.68 Å². The Hall–Kier alpha value is -5.20. The molecular weight excluding hydrogens is 693 g/mol. The first-order chi connectivity index (χ1) is 26.1. The van der Waals surface area contributed by atoms with Gasteiger partial charge in [-0.2, -0.15) is 5.10 Å². The Kier molecular flexibility index (Phi) is 14.6. The molecule has 280 valence electrons. The Morgan fingerprint density at radius 1 is 0.759 bits per heavy atom. The monoisotopic (exact) mass is 743 g/mol. The van der Waals surface area contributed by atoms with E-state index in [9.17, 15) is 4.79 Å². The molecule has 1 aromatic heterocycles. The van der Waals surface area contributed by atoms with Crippen molar-refractivity contribution >= 4 is 43.3 Å². The third-order valence-electron chi connectivity index (χ3n) is 8.56. The SMILES string of the molecule is CCCC(=O)Nc1nn(COCC[Si](C)(C)C)c2cc(-c3ccc(OCc4ccccc4)cc3)ccc12.OB(O)c1ccc(OCc2ccccc2)cc1. The van der Waals surface area contributed by atoms with Crippen LogP contribution >= 0.6 is 0 Å². The highest BCUT2D eigenvalue weighted by molar-refractivity contribution is 6.76. The number of hydrogen-bond donors (Lipinski definition) is 3. The Morgan fingerprint density at radius 3 is 1.85 bits per heavy atom. The maximum absolute atomic E-state index is 12.3. The van der Waals surface area contributed by atoms with E-state index in [2.05, 4.69) is 61.4 Å². The summed E-state index contributed by atoms with van der Waals surface area (Å²) in [6.45, 7) is 11.1. The summed E-state index contributed by atoms with van der Waals surface area (Å²) < 4.78 is 19.4. The van der Waals surface area contributed by atoms with Crippen LogP contribution in [0, 0.1) is 0 Å². The van der Waals surface area contributed by atoms with Gasteiger partial charge in [-0.15, -0.1) is 0 Å². The van der Waals surface area contributed by atoms with Gasteiger partial charge in [0.2, 0.25) is 5.91 Å². The van der Waals surface area contributed by atoms with E-state index >= 15 is 0 Å². The molecule has 5 aromatic carbocycles. The number of carbonyl (C=O) groups is 1. The van der Waals surface area contributed by atoms with Crippen molar-refractivity contribution in [2.24, 2.45) is 0 Å². The van der Waals surface area contributed by atoms with Gasteiger partial charge in [0.05, 0.1) is 5.52 Å². The number of rotatable bonds is 16. The van der Waals surface area contributed by atoms with Crippen molar-refractivity contribution in [1.29, 1.82) is 0 Å². The van der Waals surface area contributed by atoms with E-state index in [0.29, 0.717) is 50.0 Å². The largest absolute Gasteiger partial charge is 0.489 e. The van der Waals surface area contributed by atoms with E-state index < -0.39 is 15.2 Å². The lowest BCUT2D eigenvalue weighted by Crippen LogP contribution is -2.29. The molecule has 3 N–H and O–H groups in total. The minimum absolute atomic E-state index is 0.0242. The molecule has 0 fully saturated rings. The third-order valence-corrected chi connectivity index (χ3v) is 10.3. The molecule has 0 aliphatic carbocycles. The Labute approximate surface area is 319 Å². The molecule has 0 aliphatic heterocycles. The Balaban J connectivity index is 0.000000274. The van der Waals surface area contributed by atoms with Crippen molar-refractivity contribution in [1.82, 2.24) is 9.78 Å². The molecule has 0 atom stereocenters. The second-order valence-corrected chi connectivity index (χ2v) is 19.9. The summed E-state index contributed by atoms with van der Waals surface area (Å²) in [7, 11) is -2.61. The standard InChI is InChI=1S/C30H37N3O3Si.C13H13BO3/c1-5-9-29(34)31-30-27-17-14-25(20-28(27)33(32-30)22-35-18-19-37(2,3)4)24-12-15-26(16-13-24)36-21-23-10-7-6-8-11-23;15-14(16)12-6-8-13(9-7-12)17-10-11-4-2-1-3-5-11/h6-8,10-17,20H,5,9,18-19,21-22H2,1-4H3,(H,31,32,34);1-9,15-16H,10H2. The number of amides is 1. The molecule has 0 saturated carbocycles. The second-order valence-electron chi connectivity index (χ2n) is 14.2. The minimum atomic E-state index is -1.43. The lowest BCUT2D eigenvalue weighted by Gasteiger charge is -2.15. The predicted molar refractivity (Wildman–Crippen MR) is 221 cm³/mol. The van der Waals surface area contributed by atoms with Crippen molar-refractivity contribution in [2.75, 3.05) is 11.9 Å². The van der Waals surface area contributed by atoms with Gasteiger partial charge in [-0.3, -0.25) is 4.79 Å². The fourth-order valence-electron chi connectivity index (χ4n) is 5.46. The normalized spacial score (nSPS) is 11.1. The van der Waals surface area contributed by atoms with Crippen molar-refractivity contribution in [3.63, 3.8) is 0 Å². The smallest absolute Gasteiger partial charge is 0.488 e. The number of nitrogens with one attached hydrogen (secondary N) is 1. The zero-order valence-electron chi connectivity index (χ0n) is 31.6. The summed E-state index contributed by atoms with van der Waals surface area (Å²) in [5.74, 6) is 2.09. The first kappa shape index (κ1) is 40.0. The van der Waals surface area contributed by atoms with Gasteiger partial charge in [-0.1, -0.05) is 118 Å². The molecule has 0 bridgehead atoms. The number of fused-ring (bicyclic) bond motifs is 1. The predicted octanol–water partition coefficient (Wildman–Crippen LogP) is 8.28. The van der Waals surface area contributed by atoms with Crippen LogP contribution in [-0.2, 0) is 29.5 Å². The van der Waals surface area contributed by atoms with Gasteiger partial charge in [0, 0.05) is 26.5 Å². The van der Waals surface area contributed by atoms with E-state index in [1.165, 1.54) is 0 Å². The van der Waals surface area contributed by atoms with Gasteiger partial charge in [0.25, 0.3) is 0 Å². The van der Waals surface area contributed by atoms with Crippen LogP contribution in [0.15, 0.2) is 127 Å². The van der Waals surface area contributed by atoms with E-state index in [-0.39, 0.29) is 5.91 Å². The molecule has 0 spiro atoms. The van der Waals surface area contributed by atoms with E-state index in [1.54, 1.807) is 24.3 Å². The molecule has 0 saturated heterocycles. The van der Waals surface area contributed by atoms with Gasteiger partial charge >= 0.3 is 7.12 Å². The Morgan fingerprint density at radius 2 is 1.31 bits per heavy atom. The lowest BCUT2D eigenvalue weighted by atomic mass is 9.80. The first-order valence-corrected chi connectivity index (χ1v) is 22.1. The quantitative estimate of drug-likeness (QED) is 0.0676. The molecule has 0 aliphatic rings. The van der Waals surface area contributed by atoms with Crippen LogP contribution in [0.4, 0.5) is 5.82 Å². The molecule has 0 radical (unpaired) electrons. The molecule has 1 heterocycles. The van der Waals surface area contributed by atoms with Crippen LogP contribution in [0.3, 0.4) is 0 Å². The summed E-state index contributed by atoms with van der Waals surface area (Å²) in [4.78, 5) is 12.3. The van der Waals surface area contributed by atoms with Crippen LogP contribution in [0.25, 0.3) is 22.0 Å². The summed E-state index contributed by atoms with van der Waals surface area (Å²) in [5.41, 5.74) is 5.77. The third kappa shape index (κ3) is 12.5. The second kappa shape index (κ2) is 19.8. The maximum atomic E-state index is 12.3. The van der Waals surface area contributed by atoms with E-state index in [0.717, 1.165) is 51.4 Å². The fourth-order valence-corrected chi connectivity index (χ4v) is 6.21. The van der Waals surface area contributed by atoms with Crippen LogP contribution in [-0.4, -0.2) is 47.5 Å². The van der Waals surface area contributed by atoms with Gasteiger partial charge in [-0.05, 0) is 76.6 Å². The lowest BCUT2D eigenvalue weighted by molar-refractivity contribution is -0.116. The van der Waals surface area contributed by atoms with Crippen LogP contribution in [0.1, 0.15) is 30.9 Å². The number of nitrogens with zero attached hydrogens (tertiary/aromatic N) is 2. The number of hydrogen-bond acceptors (Lipinski definition) is 7. The number of aromatic nitrogens is 2. The van der Waals surface area contributed by atoms with Crippen molar-refractivity contribution in [2.45, 2.75) is 65.4 Å². The highest BCUT2D eigenvalue weighted by Crippen LogP contribution is 2.30. The van der Waals surface area contributed by atoms with Gasteiger partial charge < -0.3 is 29.6 Å². The van der Waals surface area contributed by atoms with Crippen molar-refractivity contribution in [3.8, 4) is 22.6 Å². The molecule has 11 heteroatoms. The zero-order chi connectivity index (χ0) is 38.3. The van der Waals surface area contributed by atoms with Crippen LogP contribution < -0.4 is 20.3 Å². The van der Waals surface area contributed by atoms with Gasteiger partial charge in [0.15, 0.2) is 5.82 Å². The van der Waals surface area contributed by atoms with Crippen molar-refractivity contribution < 1.29 is 29.1 Å². The number of benzene rings is 5. The maximum Gasteiger partial charge on any atom is 0.488 e. The average molecular weight is 744 g/mol. The summed E-state index contributed by atoms with van der Waals surface area (Å²) in [6.07, 6.45) is 1.26. The van der Waals surface area contributed by atoms with E-state index in [1.807, 2.05) is 78.3 Å². The average Bonchev–Trinajstić information content (AvgIpc) is 3.51. The molecule has 0 unspecified atom stereocenters. The van der Waals surface area contributed by atoms with Crippen LogP contribution in [0.5, 0.6) is 11.5 Å². The molecule has 6 rings (SSSR count). The first-order valence-electron chi connectivity index (χ1n) is 18.4. The number of anilines is 1. The minimum Gasteiger partial charge on any atom is -0.489 e. The zero-order valence-corrected chi connectivity index (χ0v) is 32.6. The van der Waals surface area contributed by atoms with Crippen molar-refractivity contribution in [3.05, 3.63) is 139 Å². The highest BCUT2D eigenvalue weighted by atomic mass is 28.3. The fraction of sp³-hybridized carbons (Fsp3) is 0.256. The summed E-state index contributed by atoms with van der Waals surface area (Å²) in [5, 5.41) is 26.5. The molecular formula is C43H50BN3O6Si. The molecule has 6 aromatic rings. The molecule has 1 amide bonds. The summed E-state index contributed by atoms with van der Waals surface area (Å²) >= 11 is 0. The summed E-state index contributed by atoms with van der Waals surface area (Å²) in [6, 6.07) is 42.1.